The number of ketones is 1. The van der Waals surface area contributed by atoms with Gasteiger partial charge in [-0.2, -0.15) is 13.2 Å². The molecule has 0 aliphatic heterocycles. The van der Waals surface area contributed by atoms with Gasteiger partial charge in [-0.3, -0.25) is 4.79 Å². The first-order valence-corrected chi connectivity index (χ1v) is 4.67. The maximum Gasteiger partial charge on any atom is 0.454 e. The van der Waals surface area contributed by atoms with Crippen molar-refractivity contribution in [1.29, 1.82) is 0 Å². The number of rotatable bonds is 2. The molecule has 7 heteroatoms. The lowest BCUT2D eigenvalue weighted by atomic mass is 10.1. The quantitative estimate of drug-likeness (QED) is 0.767. The summed E-state index contributed by atoms with van der Waals surface area (Å²) in [5.41, 5.74) is -0.622. The second-order valence-corrected chi connectivity index (χ2v) is 3.61. The van der Waals surface area contributed by atoms with Crippen molar-refractivity contribution in [1.82, 2.24) is 0 Å². The molecule has 1 aromatic rings. The van der Waals surface area contributed by atoms with Gasteiger partial charge in [-0.25, -0.2) is 0 Å². The maximum absolute atomic E-state index is 12.1. The summed E-state index contributed by atoms with van der Waals surface area (Å²) >= 11 is 11.2. The van der Waals surface area contributed by atoms with Crippen LogP contribution in [-0.2, 0) is 0 Å². The molecule has 0 radical (unpaired) electrons. The highest BCUT2D eigenvalue weighted by Gasteiger charge is 2.39. The van der Waals surface area contributed by atoms with Crippen molar-refractivity contribution in [2.75, 3.05) is 7.11 Å². The van der Waals surface area contributed by atoms with E-state index in [1.54, 1.807) is 0 Å². The Labute approximate surface area is 98.9 Å². The average molecular weight is 273 g/mol. The maximum atomic E-state index is 12.1. The number of hydrogen-bond acceptors (Lipinski definition) is 2. The topological polar surface area (TPSA) is 26.3 Å². The van der Waals surface area contributed by atoms with Crippen molar-refractivity contribution >= 4 is 29.0 Å². The van der Waals surface area contributed by atoms with Crippen molar-refractivity contribution in [3.63, 3.8) is 0 Å². The molecular formula is C9H5Cl2F3O2. The first kappa shape index (κ1) is 13.1. The lowest BCUT2D eigenvalue weighted by Gasteiger charge is -2.09. The van der Waals surface area contributed by atoms with E-state index in [0.717, 1.165) is 12.1 Å². The van der Waals surface area contributed by atoms with Crippen LogP contribution in [0.15, 0.2) is 12.1 Å². The molecule has 1 rings (SSSR count). The third kappa shape index (κ3) is 2.59. The van der Waals surface area contributed by atoms with Gasteiger partial charge in [0.05, 0.1) is 17.2 Å². The van der Waals surface area contributed by atoms with Gasteiger partial charge in [-0.15, -0.1) is 0 Å². The fourth-order valence-corrected chi connectivity index (χ4v) is 1.69. The van der Waals surface area contributed by atoms with E-state index in [0.29, 0.717) is 0 Å². The normalized spacial score (nSPS) is 11.4. The summed E-state index contributed by atoms with van der Waals surface area (Å²) in [6.45, 7) is 0. The van der Waals surface area contributed by atoms with Crippen LogP contribution in [0.4, 0.5) is 13.2 Å². The first-order chi connectivity index (χ1) is 7.27. The minimum absolute atomic E-state index is 0.0297. The van der Waals surface area contributed by atoms with Crippen molar-refractivity contribution in [2.24, 2.45) is 0 Å². The van der Waals surface area contributed by atoms with Gasteiger partial charge in [0.2, 0.25) is 0 Å². The number of halogens is 5. The molecule has 0 aliphatic carbocycles. The number of ether oxygens (including phenoxy) is 1. The standard InChI is InChI=1S/C9H5Cl2F3O2/c1-16-7-5(10)2-4(3-6(7)11)8(15)9(12,13)14/h2-3H,1H3. The van der Waals surface area contributed by atoms with Crippen LogP contribution in [0, 0.1) is 0 Å². The largest absolute Gasteiger partial charge is 0.494 e. The molecule has 0 spiro atoms. The molecule has 0 aliphatic rings. The minimum Gasteiger partial charge on any atom is -0.494 e. The molecular weight excluding hydrogens is 268 g/mol. The molecule has 0 saturated carbocycles. The van der Waals surface area contributed by atoms with Gasteiger partial charge in [0, 0.05) is 5.56 Å². The van der Waals surface area contributed by atoms with E-state index >= 15 is 0 Å². The lowest BCUT2D eigenvalue weighted by Crippen LogP contribution is -2.22. The number of carbonyl (C=O) groups is 1. The summed E-state index contributed by atoms with van der Waals surface area (Å²) in [5.74, 6) is -1.97. The molecule has 0 unspecified atom stereocenters. The SMILES string of the molecule is COc1c(Cl)cc(C(=O)C(F)(F)F)cc1Cl. The number of carbonyl (C=O) groups excluding carboxylic acids is 1. The molecule has 2 nitrogen and oxygen atoms in total. The van der Waals surface area contributed by atoms with Crippen molar-refractivity contribution in [3.05, 3.63) is 27.7 Å². The van der Waals surface area contributed by atoms with Gasteiger partial charge in [0.15, 0.2) is 5.75 Å². The molecule has 88 valence electrons. The number of methoxy groups -OCH3 is 1. The molecule has 0 heterocycles. The monoisotopic (exact) mass is 272 g/mol. The number of Topliss-reactive ketones (excluding diaryl/α,β-unsaturated/α-hetero) is 1. The molecule has 0 aromatic heterocycles. The Kier molecular flexibility index (Phi) is 3.70. The summed E-state index contributed by atoms with van der Waals surface area (Å²) in [6, 6.07) is 1.73. The van der Waals surface area contributed by atoms with Gasteiger partial charge >= 0.3 is 6.18 Å². The zero-order valence-corrected chi connectivity index (χ0v) is 9.37. The van der Waals surface area contributed by atoms with Crippen molar-refractivity contribution in [2.45, 2.75) is 6.18 Å². The minimum atomic E-state index is -4.96. The predicted molar refractivity (Wildman–Crippen MR) is 53.4 cm³/mol. The second-order valence-electron chi connectivity index (χ2n) is 2.80. The van der Waals surface area contributed by atoms with Crippen LogP contribution in [0.2, 0.25) is 10.0 Å². The highest BCUT2D eigenvalue weighted by atomic mass is 35.5. The second kappa shape index (κ2) is 4.51. The molecule has 0 saturated heterocycles. The fourth-order valence-electron chi connectivity index (χ4n) is 1.05. The van der Waals surface area contributed by atoms with E-state index in [-0.39, 0.29) is 15.8 Å². The van der Waals surface area contributed by atoms with Gasteiger partial charge in [-0.05, 0) is 12.1 Å². The third-order valence-corrected chi connectivity index (χ3v) is 2.28. The molecule has 0 atom stereocenters. The predicted octanol–water partition coefficient (Wildman–Crippen LogP) is 3.75. The zero-order valence-electron chi connectivity index (χ0n) is 7.86. The van der Waals surface area contributed by atoms with Crippen molar-refractivity contribution < 1.29 is 22.7 Å². The van der Waals surface area contributed by atoms with Gasteiger partial charge in [0.1, 0.15) is 0 Å². The van der Waals surface area contributed by atoms with Crippen LogP contribution in [0.5, 0.6) is 5.75 Å². The van der Waals surface area contributed by atoms with Crippen LogP contribution in [0.3, 0.4) is 0 Å². The van der Waals surface area contributed by atoms with E-state index in [9.17, 15) is 18.0 Å². The fraction of sp³-hybridized carbons (Fsp3) is 0.222. The number of benzene rings is 1. The van der Waals surface area contributed by atoms with Crippen LogP contribution < -0.4 is 4.74 Å². The highest BCUT2D eigenvalue weighted by molar-refractivity contribution is 6.37. The molecule has 0 fully saturated rings. The summed E-state index contributed by atoms with van der Waals surface area (Å²) in [7, 11) is 1.26. The Morgan fingerprint density at radius 3 is 2.00 bits per heavy atom. The number of hydrogen-bond donors (Lipinski definition) is 0. The summed E-state index contributed by atoms with van der Waals surface area (Å²) in [5, 5.41) is -0.301. The van der Waals surface area contributed by atoms with Crippen LogP contribution in [0.1, 0.15) is 10.4 Å². The van der Waals surface area contributed by atoms with E-state index in [1.165, 1.54) is 7.11 Å². The smallest absolute Gasteiger partial charge is 0.454 e. The van der Waals surface area contributed by atoms with E-state index in [4.69, 9.17) is 27.9 Å². The molecule has 1 aromatic carbocycles. The lowest BCUT2D eigenvalue weighted by molar-refractivity contribution is -0.0885. The summed E-state index contributed by atoms with van der Waals surface area (Å²) in [4.78, 5) is 10.9. The Morgan fingerprint density at radius 2 is 1.69 bits per heavy atom. The van der Waals surface area contributed by atoms with Crippen LogP contribution in [-0.4, -0.2) is 19.1 Å². The van der Waals surface area contributed by atoms with Gasteiger partial charge < -0.3 is 4.74 Å². The van der Waals surface area contributed by atoms with Gasteiger partial charge in [-0.1, -0.05) is 23.2 Å². The van der Waals surface area contributed by atoms with Gasteiger partial charge in [0.25, 0.3) is 5.78 Å². The Balaban J connectivity index is 3.24. The molecule has 16 heavy (non-hydrogen) atoms. The Hall–Kier alpha value is -0.940. The Morgan fingerprint density at radius 1 is 1.25 bits per heavy atom. The van der Waals surface area contributed by atoms with Crippen LogP contribution >= 0.6 is 23.2 Å². The van der Waals surface area contributed by atoms with Crippen LogP contribution in [0.25, 0.3) is 0 Å². The van der Waals surface area contributed by atoms with E-state index in [2.05, 4.69) is 0 Å². The Bertz CT molecular complexity index is 406. The summed E-state index contributed by atoms with van der Waals surface area (Å²) < 4.78 is 41.1. The summed E-state index contributed by atoms with van der Waals surface area (Å²) in [6.07, 6.45) is -4.96. The highest BCUT2D eigenvalue weighted by Crippen LogP contribution is 2.35. The van der Waals surface area contributed by atoms with E-state index < -0.39 is 17.5 Å². The molecule has 0 bridgehead atoms. The molecule has 0 N–H and O–H groups in total. The first-order valence-electron chi connectivity index (χ1n) is 3.92. The average Bonchev–Trinajstić information content (AvgIpc) is 2.14. The third-order valence-electron chi connectivity index (χ3n) is 1.72. The van der Waals surface area contributed by atoms with E-state index in [1.807, 2.05) is 0 Å². The molecule has 0 amide bonds. The van der Waals surface area contributed by atoms with Crippen molar-refractivity contribution in [3.8, 4) is 5.75 Å². The number of alkyl halides is 3. The zero-order chi connectivity index (χ0) is 12.5.